The molecular formula is C12H19ClN4O2. The Bertz CT molecular complexity index is 475. The molecule has 0 aliphatic heterocycles. The number of nitrogens with zero attached hydrogens (tertiary/aromatic N) is 2. The lowest BCUT2D eigenvalue weighted by molar-refractivity contribution is -0.383. The van der Waals surface area contributed by atoms with Crippen LogP contribution in [-0.2, 0) is 0 Å². The van der Waals surface area contributed by atoms with Gasteiger partial charge < -0.3 is 11.5 Å². The average molecular weight is 287 g/mol. The monoisotopic (exact) mass is 286 g/mol. The number of anilines is 1. The number of rotatable bonds is 5. The predicted molar refractivity (Wildman–Crippen MR) is 79.8 cm³/mol. The van der Waals surface area contributed by atoms with Crippen LogP contribution in [0.4, 0.5) is 11.4 Å². The average Bonchev–Trinajstić information content (AvgIpc) is 2.28. The van der Waals surface area contributed by atoms with Gasteiger partial charge in [0, 0.05) is 18.2 Å². The summed E-state index contributed by atoms with van der Waals surface area (Å²) < 4.78 is 0. The van der Waals surface area contributed by atoms with Crippen LogP contribution in [0.15, 0.2) is 23.2 Å². The fraction of sp³-hybridized carbons (Fsp3) is 0.417. The summed E-state index contributed by atoms with van der Waals surface area (Å²) >= 11 is 0. The number of nitro groups is 1. The van der Waals surface area contributed by atoms with Crippen LogP contribution in [0.3, 0.4) is 0 Å². The van der Waals surface area contributed by atoms with Gasteiger partial charge >= 0.3 is 0 Å². The van der Waals surface area contributed by atoms with Crippen LogP contribution in [0, 0.1) is 16.0 Å². The molecule has 0 aliphatic carbocycles. The summed E-state index contributed by atoms with van der Waals surface area (Å²) in [5.41, 5.74) is 11.8. The number of nitrogens with two attached hydrogens (primary N) is 2. The number of aliphatic imine (C=N–C) groups is 1. The first kappa shape index (κ1) is 17.2. The molecule has 4 N–H and O–H groups in total. The van der Waals surface area contributed by atoms with Gasteiger partial charge in [0.15, 0.2) is 0 Å². The Morgan fingerprint density at radius 1 is 1.47 bits per heavy atom. The van der Waals surface area contributed by atoms with Gasteiger partial charge in [0.1, 0.15) is 11.5 Å². The Morgan fingerprint density at radius 3 is 2.63 bits per heavy atom. The molecule has 1 aromatic carbocycles. The quantitative estimate of drug-likeness (QED) is 0.285. The third-order valence-corrected chi connectivity index (χ3v) is 2.51. The van der Waals surface area contributed by atoms with Gasteiger partial charge in [0.2, 0.25) is 0 Å². The molecule has 0 unspecified atom stereocenters. The predicted octanol–water partition coefficient (Wildman–Crippen LogP) is 2.35. The van der Waals surface area contributed by atoms with Crippen molar-refractivity contribution in [1.82, 2.24) is 0 Å². The van der Waals surface area contributed by atoms with Crippen LogP contribution >= 0.6 is 12.4 Å². The van der Waals surface area contributed by atoms with E-state index in [0.29, 0.717) is 23.9 Å². The third-order valence-electron chi connectivity index (χ3n) is 2.51. The smallest absolute Gasteiger partial charge is 0.292 e. The third kappa shape index (κ3) is 5.13. The highest BCUT2D eigenvalue weighted by atomic mass is 35.5. The number of nitro benzene ring substituents is 1. The number of halogens is 1. The van der Waals surface area contributed by atoms with Crippen molar-refractivity contribution >= 4 is 29.6 Å². The molecule has 6 nitrogen and oxygen atoms in total. The summed E-state index contributed by atoms with van der Waals surface area (Å²) in [6.07, 6.45) is 0.928. The second-order valence-electron chi connectivity index (χ2n) is 4.48. The standard InChI is InChI=1S/C12H18N4O2.ClH/c1-8(2)5-6-15-12(14)9-3-4-10(13)11(7-9)16(17)18;/h3-4,7-8H,5-6,13H2,1-2H3,(H2,14,15);1H. The molecule has 0 spiro atoms. The number of amidine groups is 1. The van der Waals surface area contributed by atoms with E-state index in [0.717, 1.165) is 6.42 Å². The summed E-state index contributed by atoms with van der Waals surface area (Å²) in [6.45, 7) is 4.81. The summed E-state index contributed by atoms with van der Waals surface area (Å²) in [6, 6.07) is 4.46. The van der Waals surface area contributed by atoms with E-state index in [9.17, 15) is 10.1 Å². The van der Waals surface area contributed by atoms with Crippen molar-refractivity contribution in [2.45, 2.75) is 20.3 Å². The van der Waals surface area contributed by atoms with Crippen LogP contribution in [0.25, 0.3) is 0 Å². The second-order valence-corrected chi connectivity index (χ2v) is 4.48. The highest BCUT2D eigenvalue weighted by molar-refractivity contribution is 5.98. The van der Waals surface area contributed by atoms with Gasteiger partial charge in [0.05, 0.1) is 4.92 Å². The summed E-state index contributed by atoms with van der Waals surface area (Å²) in [5.74, 6) is 0.848. The van der Waals surface area contributed by atoms with Crippen molar-refractivity contribution in [1.29, 1.82) is 0 Å². The zero-order valence-electron chi connectivity index (χ0n) is 11.0. The minimum atomic E-state index is -0.528. The van der Waals surface area contributed by atoms with Crippen LogP contribution in [-0.4, -0.2) is 17.3 Å². The molecule has 0 radical (unpaired) electrons. The minimum absolute atomic E-state index is 0. The van der Waals surface area contributed by atoms with Crippen molar-refractivity contribution < 1.29 is 4.92 Å². The number of nitrogen functional groups attached to an aromatic ring is 1. The van der Waals surface area contributed by atoms with Crippen LogP contribution in [0.5, 0.6) is 0 Å². The summed E-state index contributed by atoms with van der Waals surface area (Å²) in [4.78, 5) is 14.4. The molecule has 0 amide bonds. The van der Waals surface area contributed by atoms with Gasteiger partial charge in [0.25, 0.3) is 5.69 Å². The molecule has 1 rings (SSSR count). The van der Waals surface area contributed by atoms with Crippen LogP contribution in [0.2, 0.25) is 0 Å². The summed E-state index contributed by atoms with van der Waals surface area (Å²) in [7, 11) is 0. The molecule has 0 aliphatic rings. The van der Waals surface area contributed by atoms with Gasteiger partial charge in [-0.2, -0.15) is 0 Å². The Balaban J connectivity index is 0.00000324. The van der Waals surface area contributed by atoms with E-state index in [1.54, 1.807) is 6.07 Å². The first-order chi connectivity index (χ1) is 8.41. The first-order valence-corrected chi connectivity index (χ1v) is 5.76. The molecule has 1 aromatic rings. The number of hydrogen-bond donors (Lipinski definition) is 2. The molecule has 19 heavy (non-hydrogen) atoms. The highest BCUT2D eigenvalue weighted by Crippen LogP contribution is 2.22. The van der Waals surface area contributed by atoms with Crippen molar-refractivity contribution in [3.05, 3.63) is 33.9 Å². The fourth-order valence-electron chi connectivity index (χ4n) is 1.40. The molecule has 0 heterocycles. The lowest BCUT2D eigenvalue weighted by Gasteiger charge is -2.04. The molecule has 106 valence electrons. The molecule has 0 saturated carbocycles. The van der Waals surface area contributed by atoms with E-state index >= 15 is 0 Å². The largest absolute Gasteiger partial charge is 0.393 e. The zero-order chi connectivity index (χ0) is 13.7. The van der Waals surface area contributed by atoms with Gasteiger partial charge in [-0.15, -0.1) is 12.4 Å². The Kier molecular flexibility index (Phi) is 6.85. The van der Waals surface area contributed by atoms with E-state index in [2.05, 4.69) is 18.8 Å². The molecule has 0 aromatic heterocycles. The Labute approximate surface area is 118 Å². The van der Waals surface area contributed by atoms with E-state index in [-0.39, 0.29) is 23.8 Å². The zero-order valence-corrected chi connectivity index (χ0v) is 11.8. The minimum Gasteiger partial charge on any atom is -0.393 e. The van der Waals surface area contributed by atoms with Gasteiger partial charge in [-0.25, -0.2) is 0 Å². The highest BCUT2D eigenvalue weighted by Gasteiger charge is 2.13. The SMILES string of the molecule is CC(C)CCN=C(N)c1ccc(N)c([N+](=O)[O-])c1.Cl. The second kappa shape index (κ2) is 7.58. The Morgan fingerprint density at radius 2 is 2.11 bits per heavy atom. The van der Waals surface area contributed by atoms with E-state index in [4.69, 9.17) is 11.5 Å². The first-order valence-electron chi connectivity index (χ1n) is 5.76. The van der Waals surface area contributed by atoms with Crippen LogP contribution < -0.4 is 11.5 Å². The van der Waals surface area contributed by atoms with Crippen molar-refractivity contribution in [2.24, 2.45) is 16.6 Å². The van der Waals surface area contributed by atoms with Crippen molar-refractivity contribution in [3.8, 4) is 0 Å². The maximum absolute atomic E-state index is 10.7. The number of benzene rings is 1. The van der Waals surface area contributed by atoms with Crippen molar-refractivity contribution in [3.63, 3.8) is 0 Å². The lowest BCUT2D eigenvalue weighted by Crippen LogP contribution is -2.15. The molecule has 0 atom stereocenters. The van der Waals surface area contributed by atoms with Gasteiger partial charge in [-0.3, -0.25) is 15.1 Å². The maximum Gasteiger partial charge on any atom is 0.292 e. The summed E-state index contributed by atoms with van der Waals surface area (Å²) in [5, 5.41) is 10.7. The normalized spacial score (nSPS) is 11.2. The van der Waals surface area contributed by atoms with E-state index in [1.807, 2.05) is 0 Å². The van der Waals surface area contributed by atoms with Crippen molar-refractivity contribution in [2.75, 3.05) is 12.3 Å². The molecule has 7 heteroatoms. The molecular weight excluding hydrogens is 268 g/mol. The molecule has 0 saturated heterocycles. The topological polar surface area (TPSA) is 108 Å². The fourth-order valence-corrected chi connectivity index (χ4v) is 1.40. The molecule has 0 fully saturated rings. The molecule has 0 bridgehead atoms. The van der Waals surface area contributed by atoms with Gasteiger partial charge in [-0.1, -0.05) is 13.8 Å². The van der Waals surface area contributed by atoms with E-state index in [1.165, 1.54) is 12.1 Å². The maximum atomic E-state index is 10.7. The van der Waals surface area contributed by atoms with E-state index < -0.39 is 4.92 Å². The van der Waals surface area contributed by atoms with Gasteiger partial charge in [-0.05, 0) is 24.5 Å². The lowest BCUT2D eigenvalue weighted by atomic mass is 10.1. The Hall–Kier alpha value is -1.82. The van der Waals surface area contributed by atoms with Crippen LogP contribution in [0.1, 0.15) is 25.8 Å². The number of hydrogen-bond acceptors (Lipinski definition) is 4.